The van der Waals surface area contributed by atoms with Crippen LogP contribution in [0.25, 0.3) is 10.8 Å². The molecule has 0 atom stereocenters. The van der Waals surface area contributed by atoms with E-state index in [1.165, 1.54) is 27.4 Å². The van der Waals surface area contributed by atoms with Crippen LogP contribution in [0.1, 0.15) is 15.9 Å². The molecular weight excluding hydrogens is 875 g/mol. The first-order valence-corrected chi connectivity index (χ1v) is 22.2. The van der Waals surface area contributed by atoms with Crippen LogP contribution in [0, 0.1) is 6.92 Å². The van der Waals surface area contributed by atoms with Crippen molar-refractivity contribution in [1.82, 2.24) is 0 Å². The number of amides is 1. The number of benzene rings is 6. The molecule has 1 amide bonds. The van der Waals surface area contributed by atoms with Gasteiger partial charge in [0.25, 0.3) is 16.0 Å². The second-order valence-corrected chi connectivity index (χ2v) is 18.0. The molecule has 6 aromatic carbocycles. The van der Waals surface area contributed by atoms with Gasteiger partial charge in [0, 0.05) is 42.2 Å². The Balaban J connectivity index is 1.23. The van der Waals surface area contributed by atoms with E-state index in [9.17, 15) is 31.3 Å². The van der Waals surface area contributed by atoms with E-state index in [4.69, 9.17) is 30.9 Å². The average Bonchev–Trinajstić information content (AvgIpc) is 3.24. The fraction of sp³-hybridized carbons (Fsp3) is 0.146. The summed E-state index contributed by atoms with van der Waals surface area (Å²) in [5.74, 6) is -0.686. The molecule has 0 heterocycles. The highest BCUT2D eigenvalue weighted by Gasteiger charge is 2.24. The minimum atomic E-state index is -4.96. The molecule has 19 nitrogen and oxygen atoms in total. The van der Waals surface area contributed by atoms with E-state index in [1.807, 2.05) is 0 Å². The molecule has 0 saturated heterocycles. The predicted octanol–water partition coefficient (Wildman–Crippen LogP) is 8.76. The number of rotatable bonds is 16. The van der Waals surface area contributed by atoms with Gasteiger partial charge in [-0.1, -0.05) is 0 Å². The largest absolute Gasteiger partial charge is 0.505 e. The Morgan fingerprint density at radius 3 is 2.13 bits per heavy atom. The lowest BCUT2D eigenvalue weighted by Gasteiger charge is -2.18. The van der Waals surface area contributed by atoms with Gasteiger partial charge < -0.3 is 46.6 Å². The molecule has 0 aliphatic carbocycles. The molecule has 63 heavy (non-hydrogen) atoms. The van der Waals surface area contributed by atoms with Crippen molar-refractivity contribution in [2.75, 3.05) is 61.5 Å². The Hall–Kier alpha value is -6.82. The number of nitrogens with zero attached hydrogens (tertiary/aromatic N) is 4. The number of aryl methyl sites for hydroxylation is 1. The van der Waals surface area contributed by atoms with Crippen molar-refractivity contribution in [2.45, 2.75) is 21.6 Å². The molecule has 0 saturated carbocycles. The van der Waals surface area contributed by atoms with Crippen LogP contribution >= 0.6 is 12.0 Å². The van der Waals surface area contributed by atoms with E-state index in [0.29, 0.717) is 61.3 Å². The number of sulfone groups is 1. The van der Waals surface area contributed by atoms with Gasteiger partial charge in [-0.2, -0.15) is 13.5 Å². The first-order chi connectivity index (χ1) is 29.9. The molecule has 10 N–H and O–H groups in total. The first kappa shape index (κ1) is 45.7. The summed E-state index contributed by atoms with van der Waals surface area (Å²) in [6.07, 6.45) is 0. The number of anilines is 6. The second-order valence-electron chi connectivity index (χ2n) is 13.6. The summed E-state index contributed by atoms with van der Waals surface area (Å²) in [7, 11) is -4.67. The molecule has 0 unspecified atom stereocenters. The lowest BCUT2D eigenvalue weighted by molar-refractivity contribution is 0.102. The van der Waals surface area contributed by atoms with Crippen LogP contribution < -0.4 is 32.6 Å². The highest BCUT2D eigenvalue weighted by molar-refractivity contribution is 7.94. The number of fused-ring (bicyclic) bond motifs is 1. The summed E-state index contributed by atoms with van der Waals surface area (Å²) < 4.78 is 75.4. The quantitative estimate of drug-likeness (QED) is 0.0157. The standard InChI is InChI=1S/C41H41N9O10S3/c1-22-17-24-18-34(61-60-4)39(40(51)36(24)37(44)38(22)50-48-31-14-13-28(19-35(31)63(55,56)57)62(53,54)16-15-58-2)45-25-7-5-23(6-8-25)41(52)46-26-9-11-27(12-10-26)47-49-32-21-33(59-3)30(43)20-29(32)42/h5-14,17-21,45,51H,15-16,42-44H2,1-4H3,(H,46,52)(H,55,56,57). The normalized spacial score (nSPS) is 12.0. The maximum Gasteiger partial charge on any atom is 0.296 e. The summed E-state index contributed by atoms with van der Waals surface area (Å²) in [4.78, 5) is 12.5. The molecular formula is C41H41N9O10S3. The van der Waals surface area contributed by atoms with E-state index in [-0.39, 0.29) is 45.4 Å². The van der Waals surface area contributed by atoms with Gasteiger partial charge in [-0.05, 0) is 103 Å². The number of azo groups is 2. The van der Waals surface area contributed by atoms with Gasteiger partial charge in [-0.15, -0.1) is 15.3 Å². The Morgan fingerprint density at radius 2 is 1.48 bits per heavy atom. The maximum atomic E-state index is 13.2. The molecule has 6 rings (SSSR count). The summed E-state index contributed by atoms with van der Waals surface area (Å²) in [5.41, 5.74) is 21.8. The van der Waals surface area contributed by atoms with Crippen LogP contribution in [0.15, 0.2) is 126 Å². The number of ether oxygens (including phenoxy) is 2. The van der Waals surface area contributed by atoms with E-state index in [2.05, 4.69) is 31.1 Å². The van der Waals surface area contributed by atoms with Gasteiger partial charge in [0.1, 0.15) is 33.5 Å². The van der Waals surface area contributed by atoms with E-state index >= 15 is 0 Å². The molecule has 328 valence electrons. The van der Waals surface area contributed by atoms with E-state index < -0.39 is 36.5 Å². The number of nitrogens with one attached hydrogen (secondary N) is 2. The number of phenols is 1. The number of hydrogen-bond acceptors (Lipinski definition) is 18. The minimum Gasteiger partial charge on any atom is -0.505 e. The van der Waals surface area contributed by atoms with E-state index in [0.717, 1.165) is 30.2 Å². The number of nitrogens with two attached hydrogens (primary N) is 3. The Bertz CT molecular complexity index is 3000. The smallest absolute Gasteiger partial charge is 0.296 e. The highest BCUT2D eigenvalue weighted by Crippen LogP contribution is 2.48. The lowest BCUT2D eigenvalue weighted by atomic mass is 10.0. The molecule has 0 radical (unpaired) electrons. The molecule has 0 spiro atoms. The van der Waals surface area contributed by atoms with Crippen LogP contribution in [0.5, 0.6) is 11.5 Å². The molecule has 0 fully saturated rings. The molecule has 22 heteroatoms. The average molecular weight is 916 g/mol. The number of carbonyl (C=O) groups is 1. The molecule has 0 bridgehead atoms. The van der Waals surface area contributed by atoms with Gasteiger partial charge >= 0.3 is 0 Å². The number of carbonyl (C=O) groups excluding carboxylic acids is 1. The zero-order chi connectivity index (χ0) is 45.6. The molecule has 0 aliphatic rings. The third-order valence-corrected chi connectivity index (χ3v) is 12.5. The van der Waals surface area contributed by atoms with E-state index in [1.54, 1.807) is 73.7 Å². The zero-order valence-electron chi connectivity index (χ0n) is 34.0. The number of aromatic hydroxyl groups is 1. The van der Waals surface area contributed by atoms with Gasteiger partial charge in [-0.3, -0.25) is 9.35 Å². The Labute approximate surface area is 366 Å². The third kappa shape index (κ3) is 10.5. The monoisotopic (exact) mass is 915 g/mol. The van der Waals surface area contributed by atoms with Crippen molar-refractivity contribution in [2.24, 2.45) is 20.5 Å². The van der Waals surface area contributed by atoms with Crippen molar-refractivity contribution in [3.8, 4) is 11.5 Å². The number of hydrogen-bond donors (Lipinski definition) is 7. The summed E-state index contributed by atoms with van der Waals surface area (Å²) >= 11 is 0.972. The van der Waals surface area contributed by atoms with Gasteiger partial charge in [0.05, 0.1) is 70.2 Å². The highest BCUT2D eigenvalue weighted by atomic mass is 32.2. The number of methoxy groups -OCH3 is 2. The maximum absolute atomic E-state index is 13.2. The van der Waals surface area contributed by atoms with Crippen molar-refractivity contribution >= 4 is 106 Å². The SMILES string of the molecule is COCCS(=O)(=O)c1ccc(N=Nc2c(C)cc3cc(SOC)c(Nc4ccc(C(=O)Nc5ccc(N=Nc6cc(OC)c(N)cc6N)cc5)cc4)c(O)c3c2N)c(S(=O)(=O)O)c1. The van der Waals surface area contributed by atoms with Crippen molar-refractivity contribution in [3.05, 3.63) is 102 Å². The van der Waals surface area contributed by atoms with Gasteiger partial charge in [-0.25, -0.2) is 8.42 Å². The van der Waals surface area contributed by atoms with Crippen LogP contribution in [-0.4, -0.2) is 66.1 Å². The van der Waals surface area contributed by atoms with Crippen molar-refractivity contribution in [1.29, 1.82) is 0 Å². The van der Waals surface area contributed by atoms with Gasteiger partial charge in [0.2, 0.25) is 0 Å². The minimum absolute atomic E-state index is 0.0225. The van der Waals surface area contributed by atoms with Crippen LogP contribution in [0.4, 0.5) is 56.9 Å². The van der Waals surface area contributed by atoms with Crippen LogP contribution in [0.3, 0.4) is 0 Å². The fourth-order valence-electron chi connectivity index (χ4n) is 6.14. The van der Waals surface area contributed by atoms with Gasteiger partial charge in [0.15, 0.2) is 9.84 Å². The Morgan fingerprint density at radius 1 is 0.794 bits per heavy atom. The number of phenolic OH excluding ortho intramolecular Hbond substituents is 1. The number of nitrogen functional groups attached to an aromatic ring is 3. The van der Waals surface area contributed by atoms with Crippen molar-refractivity contribution < 1.29 is 44.9 Å². The fourth-order valence-corrected chi connectivity index (χ4v) is 8.64. The summed E-state index contributed by atoms with van der Waals surface area (Å²) in [6, 6.07) is 22.7. The lowest BCUT2D eigenvalue weighted by Crippen LogP contribution is -2.12. The molecule has 0 aliphatic heterocycles. The molecule has 6 aromatic rings. The van der Waals surface area contributed by atoms with Crippen molar-refractivity contribution in [3.63, 3.8) is 0 Å². The van der Waals surface area contributed by atoms with Crippen LogP contribution in [0.2, 0.25) is 0 Å². The zero-order valence-corrected chi connectivity index (χ0v) is 36.4. The third-order valence-electron chi connectivity index (χ3n) is 9.31. The first-order valence-electron chi connectivity index (χ1n) is 18.4. The summed E-state index contributed by atoms with van der Waals surface area (Å²) in [6.45, 7) is 1.53. The summed E-state index contributed by atoms with van der Waals surface area (Å²) in [5, 5.41) is 35.0. The second kappa shape index (κ2) is 19.1. The Kier molecular flexibility index (Phi) is 13.8. The molecule has 0 aromatic heterocycles. The van der Waals surface area contributed by atoms with Crippen LogP contribution in [-0.2, 0) is 28.9 Å². The predicted molar refractivity (Wildman–Crippen MR) is 242 cm³/mol. The topological polar surface area (TPSA) is 305 Å².